The van der Waals surface area contributed by atoms with Crippen molar-refractivity contribution in [1.82, 2.24) is 4.31 Å². The van der Waals surface area contributed by atoms with Crippen LogP contribution in [0.15, 0.2) is 57.9 Å². The lowest BCUT2D eigenvalue weighted by Gasteiger charge is -2.18. The highest BCUT2D eigenvalue weighted by Gasteiger charge is 2.21. The van der Waals surface area contributed by atoms with E-state index in [-0.39, 0.29) is 11.4 Å². The normalized spacial score (nSPS) is 11.7. The molecular formula is C17H20BrNO4S. The fourth-order valence-electron chi connectivity index (χ4n) is 2.08. The minimum Gasteiger partial charge on any atom is -0.491 e. The number of sulfonamides is 1. The van der Waals surface area contributed by atoms with Crippen LogP contribution in [-0.2, 0) is 21.3 Å². The Morgan fingerprint density at radius 2 is 1.71 bits per heavy atom. The molecule has 0 N–H and O–H groups in total. The van der Waals surface area contributed by atoms with Gasteiger partial charge in [-0.25, -0.2) is 8.42 Å². The summed E-state index contributed by atoms with van der Waals surface area (Å²) >= 11 is 3.44. The van der Waals surface area contributed by atoms with Gasteiger partial charge in [0.2, 0.25) is 10.0 Å². The Balaban J connectivity index is 2.10. The van der Waals surface area contributed by atoms with Crippen LogP contribution in [0.25, 0.3) is 0 Å². The summed E-state index contributed by atoms with van der Waals surface area (Å²) < 4.78 is 37.9. The quantitative estimate of drug-likeness (QED) is 0.622. The van der Waals surface area contributed by atoms with Crippen molar-refractivity contribution < 1.29 is 17.9 Å². The molecular weight excluding hydrogens is 394 g/mol. The number of rotatable bonds is 8. The third-order valence-electron chi connectivity index (χ3n) is 3.44. The molecule has 0 spiro atoms. The molecule has 0 amide bonds. The van der Waals surface area contributed by atoms with Gasteiger partial charge in [-0.05, 0) is 35.9 Å². The summed E-state index contributed by atoms with van der Waals surface area (Å²) in [4.78, 5) is 0.233. The highest BCUT2D eigenvalue weighted by atomic mass is 79.9. The predicted molar refractivity (Wildman–Crippen MR) is 96.6 cm³/mol. The topological polar surface area (TPSA) is 55.8 Å². The molecule has 0 fully saturated rings. The summed E-state index contributed by atoms with van der Waals surface area (Å²) in [6.45, 7) is 1.19. The van der Waals surface area contributed by atoms with E-state index in [0.29, 0.717) is 19.0 Å². The van der Waals surface area contributed by atoms with Crippen molar-refractivity contribution in [2.24, 2.45) is 0 Å². The van der Waals surface area contributed by atoms with Crippen LogP contribution in [0.2, 0.25) is 0 Å². The lowest BCUT2D eigenvalue weighted by atomic mass is 10.2. The number of methoxy groups -OCH3 is 1. The van der Waals surface area contributed by atoms with E-state index in [2.05, 4.69) is 15.9 Å². The largest absolute Gasteiger partial charge is 0.491 e. The maximum absolute atomic E-state index is 12.7. The highest BCUT2D eigenvalue weighted by molar-refractivity contribution is 9.10. The molecule has 0 radical (unpaired) electrons. The van der Waals surface area contributed by atoms with Gasteiger partial charge in [-0.1, -0.05) is 34.1 Å². The van der Waals surface area contributed by atoms with E-state index in [1.807, 2.05) is 24.3 Å². The second kappa shape index (κ2) is 8.62. The standard InChI is InChI=1S/C17H20BrNO4S/c1-19(13-14-5-3-4-6-17(14)18)24(20,21)16-9-7-15(8-10-16)23-12-11-22-2/h3-10H,11-13H2,1-2H3. The summed E-state index contributed by atoms with van der Waals surface area (Å²) in [5.74, 6) is 0.611. The molecule has 0 saturated heterocycles. The first kappa shape index (κ1) is 18.9. The number of ether oxygens (including phenoxy) is 2. The minimum atomic E-state index is -3.56. The van der Waals surface area contributed by atoms with Gasteiger partial charge in [0.25, 0.3) is 0 Å². The van der Waals surface area contributed by atoms with Crippen molar-refractivity contribution in [2.75, 3.05) is 27.4 Å². The van der Waals surface area contributed by atoms with Crippen molar-refractivity contribution in [3.63, 3.8) is 0 Å². The lowest BCUT2D eigenvalue weighted by molar-refractivity contribution is 0.146. The molecule has 5 nitrogen and oxygen atoms in total. The van der Waals surface area contributed by atoms with E-state index >= 15 is 0 Å². The van der Waals surface area contributed by atoms with Gasteiger partial charge in [-0.15, -0.1) is 0 Å². The highest BCUT2D eigenvalue weighted by Crippen LogP contribution is 2.23. The van der Waals surface area contributed by atoms with Crippen molar-refractivity contribution in [3.8, 4) is 5.75 Å². The summed E-state index contributed by atoms with van der Waals surface area (Å²) in [5, 5.41) is 0. The summed E-state index contributed by atoms with van der Waals surface area (Å²) in [7, 11) is -0.399. The molecule has 0 heterocycles. The van der Waals surface area contributed by atoms with E-state index < -0.39 is 10.0 Å². The fourth-order valence-corrected chi connectivity index (χ4v) is 3.64. The molecule has 0 aromatic heterocycles. The first-order chi connectivity index (χ1) is 11.4. The zero-order valence-corrected chi connectivity index (χ0v) is 16.0. The van der Waals surface area contributed by atoms with Gasteiger partial charge in [0.05, 0.1) is 11.5 Å². The molecule has 2 rings (SSSR count). The maximum atomic E-state index is 12.7. The van der Waals surface area contributed by atoms with Crippen LogP contribution in [0.4, 0.5) is 0 Å². The lowest BCUT2D eigenvalue weighted by Crippen LogP contribution is -2.26. The van der Waals surface area contributed by atoms with Crippen LogP contribution in [-0.4, -0.2) is 40.1 Å². The smallest absolute Gasteiger partial charge is 0.243 e. The molecule has 0 unspecified atom stereocenters. The third-order valence-corrected chi connectivity index (χ3v) is 6.03. The van der Waals surface area contributed by atoms with Crippen LogP contribution < -0.4 is 4.74 Å². The second-order valence-corrected chi connectivity index (χ2v) is 8.06. The number of nitrogens with zero attached hydrogens (tertiary/aromatic N) is 1. The molecule has 0 aliphatic rings. The Morgan fingerprint density at radius 1 is 1.04 bits per heavy atom. The molecule has 0 aliphatic carbocycles. The van der Waals surface area contributed by atoms with E-state index in [0.717, 1.165) is 10.0 Å². The summed E-state index contributed by atoms with van der Waals surface area (Å²) in [6, 6.07) is 14.0. The Labute approximate surface area is 151 Å². The van der Waals surface area contributed by atoms with Crippen LogP contribution >= 0.6 is 15.9 Å². The molecule has 130 valence electrons. The fraction of sp³-hybridized carbons (Fsp3) is 0.294. The van der Waals surface area contributed by atoms with Crippen LogP contribution in [0.5, 0.6) is 5.75 Å². The first-order valence-electron chi connectivity index (χ1n) is 7.36. The first-order valence-corrected chi connectivity index (χ1v) is 9.60. The number of benzene rings is 2. The molecule has 0 bridgehead atoms. The van der Waals surface area contributed by atoms with Crippen LogP contribution in [0, 0.1) is 0 Å². The maximum Gasteiger partial charge on any atom is 0.243 e. The Morgan fingerprint density at radius 3 is 2.33 bits per heavy atom. The van der Waals surface area contributed by atoms with E-state index in [9.17, 15) is 8.42 Å². The van der Waals surface area contributed by atoms with E-state index in [1.165, 1.54) is 4.31 Å². The average Bonchev–Trinajstić information content (AvgIpc) is 2.57. The number of hydrogen-bond acceptors (Lipinski definition) is 4. The van der Waals surface area contributed by atoms with Crippen LogP contribution in [0.1, 0.15) is 5.56 Å². The SMILES string of the molecule is COCCOc1ccc(S(=O)(=O)N(C)Cc2ccccc2Br)cc1. The zero-order chi connectivity index (χ0) is 17.6. The van der Waals surface area contributed by atoms with Gasteiger partial charge in [-0.3, -0.25) is 0 Å². The van der Waals surface area contributed by atoms with Gasteiger partial charge in [-0.2, -0.15) is 4.31 Å². The average molecular weight is 414 g/mol. The monoisotopic (exact) mass is 413 g/mol. The molecule has 0 aliphatic heterocycles. The summed E-state index contributed by atoms with van der Waals surface area (Å²) in [5.41, 5.74) is 0.906. The third kappa shape index (κ3) is 4.80. The Kier molecular flexibility index (Phi) is 6.79. The molecule has 2 aromatic carbocycles. The molecule has 24 heavy (non-hydrogen) atoms. The van der Waals surface area contributed by atoms with Gasteiger partial charge in [0.1, 0.15) is 12.4 Å². The van der Waals surface area contributed by atoms with Crippen molar-refractivity contribution in [3.05, 3.63) is 58.6 Å². The number of hydrogen-bond donors (Lipinski definition) is 0. The van der Waals surface area contributed by atoms with Crippen molar-refractivity contribution in [2.45, 2.75) is 11.4 Å². The van der Waals surface area contributed by atoms with Crippen LogP contribution in [0.3, 0.4) is 0 Å². The number of halogens is 1. The van der Waals surface area contributed by atoms with Crippen molar-refractivity contribution >= 4 is 26.0 Å². The van der Waals surface area contributed by atoms with Gasteiger partial charge < -0.3 is 9.47 Å². The van der Waals surface area contributed by atoms with Gasteiger partial charge >= 0.3 is 0 Å². The molecule has 0 atom stereocenters. The predicted octanol–water partition coefficient (Wildman–Crippen LogP) is 3.30. The summed E-state index contributed by atoms with van der Waals surface area (Å²) in [6.07, 6.45) is 0. The molecule has 0 saturated carbocycles. The van der Waals surface area contributed by atoms with E-state index in [4.69, 9.17) is 9.47 Å². The van der Waals surface area contributed by atoms with Crippen molar-refractivity contribution in [1.29, 1.82) is 0 Å². The molecule has 7 heteroatoms. The zero-order valence-electron chi connectivity index (χ0n) is 13.6. The minimum absolute atomic E-state index is 0.233. The Hall–Kier alpha value is -1.41. The second-order valence-electron chi connectivity index (χ2n) is 5.17. The van der Waals surface area contributed by atoms with Gasteiger partial charge in [0, 0.05) is 25.2 Å². The van der Waals surface area contributed by atoms with E-state index in [1.54, 1.807) is 38.4 Å². The Bertz CT molecular complexity index is 762. The van der Waals surface area contributed by atoms with Gasteiger partial charge in [0.15, 0.2) is 0 Å². The molecule has 2 aromatic rings.